The molecule has 2 aromatic carbocycles. The van der Waals surface area contributed by atoms with Gasteiger partial charge in [-0.2, -0.15) is 0 Å². The first-order valence-corrected chi connectivity index (χ1v) is 9.31. The number of methoxy groups -OCH3 is 2. The van der Waals surface area contributed by atoms with Crippen LogP contribution < -0.4 is 20.1 Å². The minimum absolute atomic E-state index is 0.0775. The van der Waals surface area contributed by atoms with E-state index in [0.717, 1.165) is 22.3 Å². The number of hydrogen-bond donors (Lipinski definition) is 2. The van der Waals surface area contributed by atoms with Crippen LogP contribution in [0.2, 0.25) is 0 Å². The average Bonchev–Trinajstić information content (AvgIpc) is 2.65. The number of nitrogens with zero attached hydrogens (tertiary/aromatic N) is 1. The molecule has 2 aromatic rings. The molecule has 7 heteroatoms. The van der Waals surface area contributed by atoms with E-state index in [4.69, 9.17) is 9.47 Å². The second kappa shape index (κ2) is 9.93. The lowest BCUT2D eigenvalue weighted by Crippen LogP contribution is -2.40. The molecule has 0 saturated carbocycles. The number of imide groups is 1. The number of carbonyl (C=O) groups is 2. The van der Waals surface area contributed by atoms with E-state index in [2.05, 4.69) is 10.6 Å². The molecular formula is C22H29N3O4. The number of aryl methyl sites for hydroxylation is 3. The Kier molecular flexibility index (Phi) is 7.61. The number of benzene rings is 2. The van der Waals surface area contributed by atoms with Crippen molar-refractivity contribution in [3.8, 4) is 11.5 Å². The van der Waals surface area contributed by atoms with Gasteiger partial charge in [-0.1, -0.05) is 17.7 Å². The Balaban J connectivity index is 1.92. The third-order valence-electron chi connectivity index (χ3n) is 4.58. The zero-order valence-corrected chi connectivity index (χ0v) is 17.9. The zero-order chi connectivity index (χ0) is 21.6. The maximum atomic E-state index is 12.2. The fourth-order valence-corrected chi connectivity index (χ4v) is 3.06. The van der Waals surface area contributed by atoms with Crippen LogP contribution in [0, 0.1) is 20.8 Å². The number of likely N-dealkylation sites (N-methyl/N-ethyl adjacent to an activating group) is 1. The van der Waals surface area contributed by atoms with Gasteiger partial charge in [-0.05, 0) is 62.7 Å². The van der Waals surface area contributed by atoms with Gasteiger partial charge < -0.3 is 14.8 Å². The summed E-state index contributed by atoms with van der Waals surface area (Å²) in [6, 6.07) is 8.95. The smallest absolute Gasteiger partial charge is 0.325 e. The number of nitrogens with one attached hydrogen (secondary N) is 2. The molecular weight excluding hydrogens is 370 g/mol. The lowest BCUT2D eigenvalue weighted by atomic mass is 10.1. The highest BCUT2D eigenvalue weighted by atomic mass is 16.5. The molecule has 0 atom stereocenters. The van der Waals surface area contributed by atoms with Gasteiger partial charge in [-0.25, -0.2) is 4.79 Å². The Morgan fingerprint density at radius 1 is 0.966 bits per heavy atom. The number of amides is 3. The van der Waals surface area contributed by atoms with Crippen molar-refractivity contribution in [2.75, 3.05) is 33.1 Å². The maximum absolute atomic E-state index is 12.2. The van der Waals surface area contributed by atoms with Crippen molar-refractivity contribution in [1.29, 1.82) is 0 Å². The molecule has 0 heterocycles. The summed E-state index contributed by atoms with van der Waals surface area (Å²) >= 11 is 0. The van der Waals surface area contributed by atoms with E-state index in [-0.39, 0.29) is 12.5 Å². The van der Waals surface area contributed by atoms with Gasteiger partial charge in [0, 0.05) is 12.2 Å². The standard InChI is InChI=1S/C22H29N3O4/c1-14-7-8-18(16(3)9-14)23-22(27)24-21(26)13-25(4)12-17-11-20(29-6)19(28-5)10-15(17)2/h7-11H,12-13H2,1-6H3,(H2,23,24,26,27). The number of ether oxygens (including phenoxy) is 2. The monoisotopic (exact) mass is 399 g/mol. The number of carbonyl (C=O) groups excluding carboxylic acids is 2. The summed E-state index contributed by atoms with van der Waals surface area (Å²) in [5.41, 5.74) is 4.76. The molecule has 3 amide bonds. The molecule has 0 unspecified atom stereocenters. The summed E-state index contributed by atoms with van der Waals surface area (Å²) in [4.78, 5) is 26.2. The minimum atomic E-state index is -0.544. The van der Waals surface area contributed by atoms with Crippen LogP contribution >= 0.6 is 0 Å². The third-order valence-corrected chi connectivity index (χ3v) is 4.58. The molecule has 0 aromatic heterocycles. The van der Waals surface area contributed by atoms with E-state index in [1.807, 2.05) is 63.1 Å². The molecule has 7 nitrogen and oxygen atoms in total. The summed E-state index contributed by atoms with van der Waals surface area (Å²) in [5.74, 6) is 0.920. The molecule has 156 valence electrons. The predicted octanol–water partition coefficient (Wildman–Crippen LogP) is 3.41. The first-order valence-electron chi connectivity index (χ1n) is 9.31. The first kappa shape index (κ1) is 22.2. The molecule has 2 rings (SSSR count). The summed E-state index contributed by atoms with van der Waals surface area (Å²) in [6.45, 7) is 6.47. The van der Waals surface area contributed by atoms with Crippen LogP contribution in [-0.2, 0) is 11.3 Å². The van der Waals surface area contributed by atoms with Gasteiger partial charge in [0.25, 0.3) is 0 Å². The molecule has 0 radical (unpaired) electrons. The van der Waals surface area contributed by atoms with Crippen LogP contribution in [0.3, 0.4) is 0 Å². The van der Waals surface area contributed by atoms with Crippen molar-refractivity contribution in [1.82, 2.24) is 10.2 Å². The Morgan fingerprint density at radius 2 is 1.62 bits per heavy atom. The molecule has 0 spiro atoms. The lowest BCUT2D eigenvalue weighted by molar-refractivity contribution is -0.120. The highest BCUT2D eigenvalue weighted by Crippen LogP contribution is 2.30. The quantitative estimate of drug-likeness (QED) is 0.746. The molecule has 0 fully saturated rings. The highest BCUT2D eigenvalue weighted by molar-refractivity contribution is 6.02. The second-order valence-corrected chi connectivity index (χ2v) is 7.13. The summed E-state index contributed by atoms with van der Waals surface area (Å²) in [7, 11) is 5.00. The van der Waals surface area contributed by atoms with Gasteiger partial charge in [0.05, 0.1) is 20.8 Å². The van der Waals surface area contributed by atoms with E-state index in [1.165, 1.54) is 0 Å². The van der Waals surface area contributed by atoms with Crippen molar-refractivity contribution in [2.45, 2.75) is 27.3 Å². The van der Waals surface area contributed by atoms with Gasteiger partial charge in [-0.15, -0.1) is 0 Å². The van der Waals surface area contributed by atoms with Crippen molar-refractivity contribution in [3.05, 3.63) is 52.6 Å². The fourth-order valence-electron chi connectivity index (χ4n) is 3.06. The SMILES string of the molecule is COc1cc(C)c(CN(C)CC(=O)NC(=O)Nc2ccc(C)cc2C)cc1OC. The van der Waals surface area contributed by atoms with Gasteiger partial charge in [0.2, 0.25) is 5.91 Å². The van der Waals surface area contributed by atoms with Crippen LogP contribution in [-0.4, -0.2) is 44.7 Å². The molecule has 29 heavy (non-hydrogen) atoms. The van der Waals surface area contributed by atoms with Crippen LogP contribution in [0.15, 0.2) is 30.3 Å². The number of urea groups is 1. The van der Waals surface area contributed by atoms with E-state index in [0.29, 0.717) is 23.7 Å². The normalized spacial score (nSPS) is 10.6. The van der Waals surface area contributed by atoms with Crippen molar-refractivity contribution in [2.24, 2.45) is 0 Å². The van der Waals surface area contributed by atoms with E-state index >= 15 is 0 Å². The van der Waals surface area contributed by atoms with Gasteiger partial charge in [-0.3, -0.25) is 15.0 Å². The minimum Gasteiger partial charge on any atom is -0.493 e. The zero-order valence-electron chi connectivity index (χ0n) is 17.9. The summed E-state index contributed by atoms with van der Waals surface area (Å²) < 4.78 is 10.6. The molecule has 0 bridgehead atoms. The lowest BCUT2D eigenvalue weighted by Gasteiger charge is -2.19. The van der Waals surface area contributed by atoms with E-state index in [9.17, 15) is 9.59 Å². The summed E-state index contributed by atoms with van der Waals surface area (Å²) in [5, 5.41) is 5.08. The predicted molar refractivity (Wildman–Crippen MR) is 114 cm³/mol. The van der Waals surface area contributed by atoms with E-state index < -0.39 is 6.03 Å². The maximum Gasteiger partial charge on any atom is 0.325 e. The van der Waals surface area contributed by atoms with Crippen molar-refractivity contribution >= 4 is 17.6 Å². The topological polar surface area (TPSA) is 79.9 Å². The second-order valence-electron chi connectivity index (χ2n) is 7.13. The Hall–Kier alpha value is -3.06. The highest BCUT2D eigenvalue weighted by Gasteiger charge is 2.14. The van der Waals surface area contributed by atoms with Crippen LogP contribution in [0.4, 0.5) is 10.5 Å². The fraction of sp³-hybridized carbons (Fsp3) is 0.364. The average molecular weight is 399 g/mol. The van der Waals surface area contributed by atoms with Crippen LogP contribution in [0.25, 0.3) is 0 Å². The van der Waals surface area contributed by atoms with E-state index in [1.54, 1.807) is 14.2 Å². The molecule has 0 aliphatic rings. The largest absolute Gasteiger partial charge is 0.493 e. The van der Waals surface area contributed by atoms with Crippen molar-refractivity contribution in [3.63, 3.8) is 0 Å². The van der Waals surface area contributed by atoms with Crippen LogP contribution in [0.5, 0.6) is 11.5 Å². The number of rotatable bonds is 7. The Labute approximate surface area is 172 Å². The molecule has 2 N–H and O–H groups in total. The summed E-state index contributed by atoms with van der Waals surface area (Å²) in [6.07, 6.45) is 0. The molecule has 0 aliphatic heterocycles. The van der Waals surface area contributed by atoms with Gasteiger partial charge >= 0.3 is 6.03 Å². The van der Waals surface area contributed by atoms with Crippen LogP contribution in [0.1, 0.15) is 22.3 Å². The third kappa shape index (κ3) is 6.22. The number of anilines is 1. The first-order chi connectivity index (χ1) is 13.7. The number of hydrogen-bond acceptors (Lipinski definition) is 5. The Morgan fingerprint density at radius 3 is 2.24 bits per heavy atom. The van der Waals surface area contributed by atoms with Crippen molar-refractivity contribution < 1.29 is 19.1 Å². The molecule has 0 aliphatic carbocycles. The van der Waals surface area contributed by atoms with Gasteiger partial charge in [0.1, 0.15) is 0 Å². The molecule has 0 saturated heterocycles. The van der Waals surface area contributed by atoms with Gasteiger partial charge in [0.15, 0.2) is 11.5 Å². The Bertz CT molecular complexity index is 896.